The fourth-order valence-corrected chi connectivity index (χ4v) is 2.44. The van der Waals surface area contributed by atoms with Crippen molar-refractivity contribution < 1.29 is 9.59 Å². The molecule has 0 fully saturated rings. The van der Waals surface area contributed by atoms with E-state index in [1.807, 2.05) is 13.8 Å². The average Bonchev–Trinajstić information content (AvgIpc) is 2.75. The molecular formula is C11H17N3O2S. The van der Waals surface area contributed by atoms with Crippen molar-refractivity contribution in [2.75, 3.05) is 5.75 Å². The van der Waals surface area contributed by atoms with Crippen LogP contribution >= 0.6 is 11.8 Å². The molecule has 5 nitrogen and oxygen atoms in total. The van der Waals surface area contributed by atoms with Crippen LogP contribution in [-0.4, -0.2) is 28.7 Å². The van der Waals surface area contributed by atoms with Crippen LogP contribution in [0.4, 0.5) is 0 Å². The summed E-state index contributed by atoms with van der Waals surface area (Å²) in [5, 5.41) is 3.47. The van der Waals surface area contributed by atoms with Crippen molar-refractivity contribution in [3.63, 3.8) is 0 Å². The zero-order valence-corrected chi connectivity index (χ0v) is 10.8. The molecule has 17 heavy (non-hydrogen) atoms. The van der Waals surface area contributed by atoms with E-state index < -0.39 is 11.9 Å². The number of nitrogens with two attached hydrogens (primary N) is 1. The van der Waals surface area contributed by atoms with Crippen LogP contribution in [0, 0.1) is 0 Å². The quantitative estimate of drug-likeness (QED) is 0.762. The molecule has 0 saturated heterocycles. The van der Waals surface area contributed by atoms with Crippen molar-refractivity contribution in [2.45, 2.75) is 32.7 Å². The average molecular weight is 255 g/mol. The second-order valence-corrected chi connectivity index (χ2v) is 4.67. The SMILES string of the molecule is C/C=C(\NC(=O)CCC)C1=NC(C(N)=O)CS1. The molecule has 1 aliphatic heterocycles. The first kappa shape index (κ1) is 13.8. The maximum absolute atomic E-state index is 11.5. The lowest BCUT2D eigenvalue weighted by atomic mass is 10.3. The van der Waals surface area contributed by atoms with E-state index in [0.29, 0.717) is 22.9 Å². The van der Waals surface area contributed by atoms with E-state index in [9.17, 15) is 9.59 Å². The maximum Gasteiger partial charge on any atom is 0.243 e. The second kappa shape index (κ2) is 6.44. The Bertz CT molecular complexity index is 377. The van der Waals surface area contributed by atoms with Crippen molar-refractivity contribution in [3.05, 3.63) is 11.8 Å². The van der Waals surface area contributed by atoms with Gasteiger partial charge in [0.25, 0.3) is 0 Å². The monoisotopic (exact) mass is 255 g/mol. The summed E-state index contributed by atoms with van der Waals surface area (Å²) >= 11 is 1.44. The van der Waals surface area contributed by atoms with Crippen LogP contribution in [0.15, 0.2) is 16.8 Å². The Morgan fingerprint density at radius 2 is 2.35 bits per heavy atom. The summed E-state index contributed by atoms with van der Waals surface area (Å²) in [5.74, 6) is 0.0836. The summed E-state index contributed by atoms with van der Waals surface area (Å²) in [6, 6.07) is -0.479. The molecule has 3 N–H and O–H groups in total. The zero-order chi connectivity index (χ0) is 12.8. The topological polar surface area (TPSA) is 84.6 Å². The van der Waals surface area contributed by atoms with Crippen LogP contribution in [0.2, 0.25) is 0 Å². The van der Waals surface area contributed by atoms with Gasteiger partial charge in [-0.15, -0.1) is 11.8 Å². The molecule has 1 unspecified atom stereocenters. The molecule has 1 rings (SSSR count). The molecule has 0 spiro atoms. The zero-order valence-electron chi connectivity index (χ0n) is 10.0. The molecule has 0 bridgehead atoms. The van der Waals surface area contributed by atoms with Crippen LogP contribution in [0.3, 0.4) is 0 Å². The fourth-order valence-electron chi connectivity index (χ4n) is 1.36. The van der Waals surface area contributed by atoms with Crippen LogP contribution in [0.1, 0.15) is 26.7 Å². The lowest BCUT2D eigenvalue weighted by molar-refractivity contribution is -0.120. The number of carbonyl (C=O) groups is 2. The smallest absolute Gasteiger partial charge is 0.243 e. The van der Waals surface area contributed by atoms with Crippen LogP contribution in [0.25, 0.3) is 0 Å². The Balaban J connectivity index is 2.67. The van der Waals surface area contributed by atoms with E-state index in [2.05, 4.69) is 10.3 Å². The Labute approximate surface area is 105 Å². The van der Waals surface area contributed by atoms with E-state index in [4.69, 9.17) is 5.73 Å². The van der Waals surface area contributed by atoms with Gasteiger partial charge in [0.15, 0.2) is 0 Å². The van der Waals surface area contributed by atoms with Gasteiger partial charge < -0.3 is 11.1 Å². The number of primary amides is 1. The summed E-state index contributed by atoms with van der Waals surface area (Å²) in [5.41, 5.74) is 5.85. The van der Waals surface area contributed by atoms with E-state index >= 15 is 0 Å². The lowest BCUT2D eigenvalue weighted by Crippen LogP contribution is -2.27. The largest absolute Gasteiger partial charge is 0.368 e. The van der Waals surface area contributed by atoms with Gasteiger partial charge in [-0.25, -0.2) is 0 Å². The predicted molar refractivity (Wildman–Crippen MR) is 69.7 cm³/mol. The van der Waals surface area contributed by atoms with E-state index in [1.54, 1.807) is 6.08 Å². The Morgan fingerprint density at radius 3 is 2.82 bits per heavy atom. The third-order valence-corrected chi connectivity index (χ3v) is 3.33. The highest BCUT2D eigenvalue weighted by Crippen LogP contribution is 2.22. The van der Waals surface area contributed by atoms with Gasteiger partial charge in [0.05, 0.1) is 5.70 Å². The van der Waals surface area contributed by atoms with Crippen LogP contribution < -0.4 is 11.1 Å². The molecule has 94 valence electrons. The molecule has 0 aromatic heterocycles. The molecular weight excluding hydrogens is 238 g/mol. The van der Waals surface area contributed by atoms with Crippen molar-refractivity contribution in [1.82, 2.24) is 5.32 Å². The molecule has 0 saturated carbocycles. The van der Waals surface area contributed by atoms with Gasteiger partial charge in [0.2, 0.25) is 11.8 Å². The molecule has 2 amide bonds. The highest BCUT2D eigenvalue weighted by molar-refractivity contribution is 8.14. The van der Waals surface area contributed by atoms with E-state index in [0.717, 1.165) is 6.42 Å². The van der Waals surface area contributed by atoms with Crippen LogP contribution in [0.5, 0.6) is 0 Å². The number of hydrogen-bond acceptors (Lipinski definition) is 4. The van der Waals surface area contributed by atoms with Gasteiger partial charge in [-0.3, -0.25) is 14.6 Å². The maximum atomic E-state index is 11.5. The fraction of sp³-hybridized carbons (Fsp3) is 0.545. The summed E-state index contributed by atoms with van der Waals surface area (Å²) < 4.78 is 0. The molecule has 6 heteroatoms. The minimum Gasteiger partial charge on any atom is -0.368 e. The number of nitrogens with one attached hydrogen (secondary N) is 1. The highest BCUT2D eigenvalue weighted by Gasteiger charge is 2.25. The van der Waals surface area contributed by atoms with Crippen LogP contribution in [-0.2, 0) is 9.59 Å². The molecule has 0 aromatic rings. The Kier molecular flexibility index (Phi) is 5.21. The lowest BCUT2D eigenvalue weighted by Gasteiger charge is -2.07. The number of allylic oxidation sites excluding steroid dienone is 1. The Morgan fingerprint density at radius 1 is 1.65 bits per heavy atom. The van der Waals surface area contributed by atoms with Crippen molar-refractivity contribution in [3.8, 4) is 0 Å². The van der Waals surface area contributed by atoms with Gasteiger partial charge in [-0.05, 0) is 13.3 Å². The standard InChI is InChI=1S/C11H17N3O2S/c1-3-5-9(15)13-7(4-2)11-14-8(6-17-11)10(12)16/h4,8H,3,5-6H2,1-2H3,(H2,12,16)(H,13,15)/b7-4-. The van der Waals surface area contributed by atoms with Crippen molar-refractivity contribution in [2.24, 2.45) is 10.7 Å². The first-order valence-corrected chi connectivity index (χ1v) is 6.53. The molecule has 1 atom stereocenters. The van der Waals surface area contributed by atoms with Gasteiger partial charge in [-0.1, -0.05) is 13.0 Å². The molecule has 0 aliphatic carbocycles. The summed E-state index contributed by atoms with van der Waals surface area (Å²) in [4.78, 5) is 26.6. The molecule has 1 heterocycles. The molecule has 0 aromatic carbocycles. The minimum absolute atomic E-state index is 0.0357. The van der Waals surface area contributed by atoms with Crippen molar-refractivity contribution >= 4 is 28.6 Å². The van der Waals surface area contributed by atoms with Gasteiger partial charge in [-0.2, -0.15) is 0 Å². The number of thioether (sulfide) groups is 1. The first-order valence-electron chi connectivity index (χ1n) is 5.55. The number of carbonyl (C=O) groups excluding carboxylic acids is 2. The second-order valence-electron chi connectivity index (χ2n) is 3.66. The van der Waals surface area contributed by atoms with E-state index in [-0.39, 0.29) is 5.91 Å². The normalized spacial score (nSPS) is 20.0. The van der Waals surface area contributed by atoms with E-state index in [1.165, 1.54) is 11.8 Å². The number of nitrogens with zero attached hydrogens (tertiary/aromatic N) is 1. The van der Waals surface area contributed by atoms with Gasteiger partial charge >= 0.3 is 0 Å². The number of rotatable bonds is 5. The third-order valence-electron chi connectivity index (χ3n) is 2.25. The predicted octanol–water partition coefficient (Wildman–Crippen LogP) is 0.806. The third kappa shape index (κ3) is 3.89. The summed E-state index contributed by atoms with van der Waals surface area (Å²) in [6.07, 6.45) is 3.06. The highest BCUT2D eigenvalue weighted by atomic mass is 32.2. The minimum atomic E-state index is -0.479. The number of aliphatic imine (C=N–C) groups is 1. The van der Waals surface area contributed by atoms with Crippen molar-refractivity contribution in [1.29, 1.82) is 0 Å². The Hall–Kier alpha value is -1.30. The van der Waals surface area contributed by atoms with Gasteiger partial charge in [0, 0.05) is 12.2 Å². The first-order chi connectivity index (χ1) is 8.08. The number of amides is 2. The molecule has 0 radical (unpaired) electrons. The molecule has 1 aliphatic rings. The van der Waals surface area contributed by atoms with Gasteiger partial charge in [0.1, 0.15) is 11.1 Å². The summed E-state index contributed by atoms with van der Waals surface area (Å²) in [7, 11) is 0. The number of hydrogen-bond donors (Lipinski definition) is 2. The summed E-state index contributed by atoms with van der Waals surface area (Å²) in [6.45, 7) is 3.77.